The van der Waals surface area contributed by atoms with Crippen molar-refractivity contribution in [3.63, 3.8) is 0 Å². The van der Waals surface area contributed by atoms with E-state index < -0.39 is 5.91 Å². The highest BCUT2D eigenvalue weighted by Crippen LogP contribution is 2.28. The largest absolute Gasteiger partial charge is 0.507 e. The van der Waals surface area contributed by atoms with E-state index in [9.17, 15) is 9.90 Å². The van der Waals surface area contributed by atoms with Crippen LogP contribution in [-0.4, -0.2) is 18.1 Å². The van der Waals surface area contributed by atoms with Gasteiger partial charge in [0.15, 0.2) is 0 Å². The van der Waals surface area contributed by atoms with Gasteiger partial charge in [0, 0.05) is 11.1 Å². The maximum atomic E-state index is 12.1. The molecule has 0 aliphatic carbocycles. The minimum Gasteiger partial charge on any atom is -0.507 e. The van der Waals surface area contributed by atoms with Crippen LogP contribution in [0.3, 0.4) is 0 Å². The van der Waals surface area contributed by atoms with Gasteiger partial charge in [-0.2, -0.15) is 0 Å². The van der Waals surface area contributed by atoms with Crippen molar-refractivity contribution in [3.8, 4) is 11.5 Å². The molecule has 0 fully saturated rings. The molecule has 20 heavy (non-hydrogen) atoms. The minimum atomic E-state index is -0.503. The molecule has 2 N–H and O–H groups in total. The summed E-state index contributed by atoms with van der Waals surface area (Å²) in [5.74, 6) is -0.0767. The first-order valence-electron chi connectivity index (χ1n) is 5.64. The number of anilines is 1. The number of phenolic OH excluding ortho intramolecular Hbond substituents is 1. The number of hydrogen-bond acceptors (Lipinski definition) is 3. The molecule has 6 heteroatoms. The number of halogens is 2. The fraction of sp³-hybridized carbons (Fsp3) is 0.0714. The average Bonchev–Trinajstić information content (AvgIpc) is 2.43. The molecule has 0 aromatic heterocycles. The predicted molar refractivity (Wildman–Crippen MR) is 79.1 cm³/mol. The number of hydrogen-bond donors (Lipinski definition) is 2. The summed E-state index contributed by atoms with van der Waals surface area (Å²) >= 11 is 11.8. The van der Waals surface area contributed by atoms with Crippen molar-refractivity contribution in [2.45, 2.75) is 0 Å². The Kier molecular flexibility index (Phi) is 4.37. The van der Waals surface area contributed by atoms with Crippen LogP contribution in [0.25, 0.3) is 0 Å². The number of aromatic hydroxyl groups is 1. The van der Waals surface area contributed by atoms with Gasteiger partial charge >= 0.3 is 0 Å². The number of methoxy groups -OCH3 is 1. The van der Waals surface area contributed by atoms with Crippen LogP contribution < -0.4 is 10.1 Å². The molecule has 0 atom stereocenters. The highest BCUT2D eigenvalue weighted by Gasteiger charge is 2.13. The molecule has 0 saturated carbocycles. The van der Waals surface area contributed by atoms with Crippen LogP contribution in [0.15, 0.2) is 36.4 Å². The van der Waals surface area contributed by atoms with Crippen molar-refractivity contribution >= 4 is 34.8 Å². The lowest BCUT2D eigenvalue weighted by Gasteiger charge is -2.10. The van der Waals surface area contributed by atoms with Gasteiger partial charge in [0.2, 0.25) is 0 Å². The highest BCUT2D eigenvalue weighted by atomic mass is 35.5. The van der Waals surface area contributed by atoms with Crippen LogP contribution >= 0.6 is 23.2 Å². The molecule has 2 aromatic carbocycles. The Labute approximate surface area is 125 Å². The molecule has 2 rings (SSSR count). The number of nitrogens with one attached hydrogen (secondary N) is 1. The second-order valence-corrected chi connectivity index (χ2v) is 4.81. The number of amides is 1. The number of rotatable bonds is 3. The molecular formula is C14H11Cl2NO3. The fourth-order valence-corrected chi connectivity index (χ4v) is 1.99. The van der Waals surface area contributed by atoms with E-state index >= 15 is 0 Å². The van der Waals surface area contributed by atoms with Crippen LogP contribution in [0.5, 0.6) is 11.5 Å². The van der Waals surface area contributed by atoms with E-state index in [2.05, 4.69) is 5.32 Å². The lowest BCUT2D eigenvalue weighted by molar-refractivity contribution is 0.102. The monoisotopic (exact) mass is 311 g/mol. The molecule has 104 valence electrons. The van der Waals surface area contributed by atoms with Crippen molar-refractivity contribution < 1.29 is 14.6 Å². The first-order valence-corrected chi connectivity index (χ1v) is 6.40. The summed E-state index contributed by atoms with van der Waals surface area (Å²) in [7, 11) is 1.52. The number of phenols is 1. The third kappa shape index (κ3) is 3.15. The Hall–Kier alpha value is -1.91. The summed E-state index contributed by atoms with van der Waals surface area (Å²) in [6.07, 6.45) is 0. The van der Waals surface area contributed by atoms with E-state index in [1.807, 2.05) is 0 Å². The van der Waals surface area contributed by atoms with E-state index in [0.717, 1.165) is 0 Å². The van der Waals surface area contributed by atoms with Gasteiger partial charge in [0.05, 0.1) is 23.4 Å². The Morgan fingerprint density at radius 1 is 1.20 bits per heavy atom. The van der Waals surface area contributed by atoms with Crippen molar-refractivity contribution in [2.24, 2.45) is 0 Å². The number of ether oxygens (including phenoxy) is 1. The maximum Gasteiger partial charge on any atom is 0.259 e. The topological polar surface area (TPSA) is 58.6 Å². The van der Waals surface area contributed by atoms with Gasteiger partial charge in [-0.25, -0.2) is 0 Å². The summed E-state index contributed by atoms with van der Waals surface area (Å²) in [6.45, 7) is 0. The van der Waals surface area contributed by atoms with Crippen molar-refractivity contribution in [1.29, 1.82) is 0 Å². The van der Waals surface area contributed by atoms with Gasteiger partial charge in [0.25, 0.3) is 5.91 Å². The molecule has 4 nitrogen and oxygen atoms in total. The Morgan fingerprint density at radius 2 is 1.95 bits per heavy atom. The zero-order chi connectivity index (χ0) is 14.7. The zero-order valence-electron chi connectivity index (χ0n) is 10.5. The van der Waals surface area contributed by atoms with Crippen LogP contribution in [-0.2, 0) is 0 Å². The van der Waals surface area contributed by atoms with E-state index in [1.165, 1.54) is 25.3 Å². The number of carbonyl (C=O) groups excluding carboxylic acids is 1. The highest BCUT2D eigenvalue weighted by molar-refractivity contribution is 6.34. The van der Waals surface area contributed by atoms with Gasteiger partial charge in [-0.05, 0) is 30.3 Å². The minimum absolute atomic E-state index is 0.0735. The molecule has 0 unspecified atom stereocenters. The van der Waals surface area contributed by atoms with Crippen molar-refractivity contribution in [3.05, 3.63) is 52.0 Å². The lowest BCUT2D eigenvalue weighted by Crippen LogP contribution is -2.12. The van der Waals surface area contributed by atoms with Crippen LogP contribution in [0, 0.1) is 0 Å². The fourth-order valence-electron chi connectivity index (χ4n) is 1.60. The van der Waals surface area contributed by atoms with Gasteiger partial charge in [0.1, 0.15) is 11.5 Å². The third-order valence-corrected chi connectivity index (χ3v) is 3.18. The van der Waals surface area contributed by atoms with Crippen molar-refractivity contribution in [2.75, 3.05) is 12.4 Å². The lowest BCUT2D eigenvalue weighted by atomic mass is 10.2. The summed E-state index contributed by atoms with van der Waals surface area (Å²) < 4.78 is 5.02. The standard InChI is InChI=1S/C14H11Cl2NO3/c1-20-9-3-4-12(11(16)7-9)17-14(19)10-6-8(15)2-5-13(10)18/h2-7,18H,1H3,(H,17,19). The van der Waals surface area contributed by atoms with E-state index in [-0.39, 0.29) is 11.3 Å². The van der Waals surface area contributed by atoms with Gasteiger partial charge in [-0.15, -0.1) is 0 Å². The third-order valence-electron chi connectivity index (χ3n) is 2.63. The summed E-state index contributed by atoms with van der Waals surface area (Å²) in [6, 6.07) is 9.08. The zero-order valence-corrected chi connectivity index (χ0v) is 12.0. The molecule has 0 spiro atoms. The Balaban J connectivity index is 2.25. The van der Waals surface area contributed by atoms with Gasteiger partial charge in [-0.1, -0.05) is 23.2 Å². The molecule has 1 amide bonds. The first-order chi connectivity index (χ1) is 9.51. The van der Waals surface area contributed by atoms with Crippen molar-refractivity contribution in [1.82, 2.24) is 0 Å². The SMILES string of the molecule is COc1ccc(NC(=O)c2cc(Cl)ccc2O)c(Cl)c1. The van der Waals surface area contributed by atoms with Crippen LogP contribution in [0.1, 0.15) is 10.4 Å². The quantitative estimate of drug-likeness (QED) is 0.902. The van der Waals surface area contributed by atoms with Gasteiger partial charge in [-0.3, -0.25) is 4.79 Å². The van der Waals surface area contributed by atoms with Crippen LogP contribution in [0.2, 0.25) is 10.0 Å². The molecule has 0 heterocycles. The normalized spacial score (nSPS) is 10.2. The molecular weight excluding hydrogens is 301 g/mol. The number of carbonyl (C=O) groups is 1. The first kappa shape index (κ1) is 14.5. The van der Waals surface area contributed by atoms with E-state index in [1.54, 1.807) is 18.2 Å². The summed E-state index contributed by atoms with van der Waals surface area (Å²) in [5.41, 5.74) is 0.487. The molecule has 0 aliphatic heterocycles. The van der Waals surface area contributed by atoms with Crippen LogP contribution in [0.4, 0.5) is 5.69 Å². The summed E-state index contributed by atoms with van der Waals surface area (Å²) in [4.78, 5) is 12.1. The molecule has 2 aromatic rings. The maximum absolute atomic E-state index is 12.1. The smallest absolute Gasteiger partial charge is 0.259 e. The second kappa shape index (κ2) is 6.03. The summed E-state index contributed by atoms with van der Waals surface area (Å²) in [5, 5.41) is 13.0. The van der Waals surface area contributed by atoms with Gasteiger partial charge < -0.3 is 15.2 Å². The van der Waals surface area contributed by atoms with E-state index in [4.69, 9.17) is 27.9 Å². The molecule has 0 radical (unpaired) electrons. The predicted octanol–water partition coefficient (Wildman–Crippen LogP) is 3.96. The Morgan fingerprint density at radius 3 is 2.60 bits per heavy atom. The van der Waals surface area contributed by atoms with E-state index in [0.29, 0.717) is 21.5 Å². The second-order valence-electron chi connectivity index (χ2n) is 3.96. The molecule has 0 bridgehead atoms. The molecule has 0 aliphatic rings. The number of benzene rings is 2. The molecule has 0 saturated heterocycles. The Bertz CT molecular complexity index is 659. The average molecular weight is 312 g/mol.